The van der Waals surface area contributed by atoms with Crippen LogP contribution in [-0.4, -0.2) is 28.2 Å². The predicted molar refractivity (Wildman–Crippen MR) is 304 cm³/mol. The Balaban J connectivity index is 2.20. The highest BCUT2D eigenvalue weighted by Crippen LogP contribution is 2.56. The molecule has 0 spiro atoms. The highest BCUT2D eigenvalue weighted by atomic mass is 16.8. The van der Waals surface area contributed by atoms with Crippen molar-refractivity contribution in [1.82, 2.24) is 0 Å². The summed E-state index contributed by atoms with van der Waals surface area (Å²) in [7, 11) is 0. The van der Waals surface area contributed by atoms with E-state index in [1.807, 2.05) is 0 Å². The maximum Gasteiger partial charge on any atom is 0.174 e. The van der Waals surface area contributed by atoms with E-state index in [9.17, 15) is 0 Å². The van der Waals surface area contributed by atoms with Crippen molar-refractivity contribution in [1.29, 1.82) is 0 Å². The quantitative estimate of drug-likeness (QED) is 0.185. The van der Waals surface area contributed by atoms with Gasteiger partial charge in [-0.25, -0.2) is 0 Å². The Hall–Kier alpha value is -3.28. The summed E-state index contributed by atoms with van der Waals surface area (Å²) in [5, 5.41) is 30.5. The Kier molecular flexibility index (Phi) is 15.3. The number of aliphatic hydroxyl groups is 2. The third kappa shape index (κ3) is 11.7. The van der Waals surface area contributed by atoms with E-state index in [1.54, 1.807) is 0 Å². The second-order valence-electron chi connectivity index (χ2n) is 30.8. The zero-order valence-corrected chi connectivity index (χ0v) is 50.4. The van der Waals surface area contributed by atoms with Crippen LogP contribution < -0.4 is 0 Å². The fourth-order valence-corrected chi connectivity index (χ4v) is 10.2. The fraction of sp³-hybridized carbons (Fsp3) is 0.642. The second-order valence-corrected chi connectivity index (χ2v) is 30.8. The highest BCUT2D eigenvalue weighted by molar-refractivity contribution is 5.53. The molecular formula is C67H102O4. The second kappa shape index (κ2) is 18.5. The van der Waals surface area contributed by atoms with E-state index in [4.69, 9.17) is 9.47 Å². The Morgan fingerprint density at radius 1 is 0.282 bits per heavy atom. The van der Waals surface area contributed by atoms with Crippen LogP contribution in [0.2, 0.25) is 0 Å². The number of rotatable bonds is 8. The van der Waals surface area contributed by atoms with E-state index >= 15 is 10.2 Å². The lowest BCUT2D eigenvalue weighted by atomic mass is 9.67. The molecule has 1 fully saturated rings. The van der Waals surface area contributed by atoms with Gasteiger partial charge in [-0.15, -0.1) is 0 Å². The molecule has 1 heterocycles. The van der Waals surface area contributed by atoms with Crippen molar-refractivity contribution in [2.45, 2.75) is 266 Å². The minimum atomic E-state index is -1.88. The van der Waals surface area contributed by atoms with E-state index in [-0.39, 0.29) is 55.2 Å². The Labute approximate surface area is 435 Å². The Morgan fingerprint density at radius 3 is 0.521 bits per heavy atom. The van der Waals surface area contributed by atoms with Crippen LogP contribution in [0, 0.1) is 11.8 Å². The number of hydrogen-bond donors (Lipinski definition) is 2. The maximum absolute atomic E-state index is 15.3. The van der Waals surface area contributed by atoms with Gasteiger partial charge < -0.3 is 19.7 Å². The number of benzene rings is 4. The molecule has 0 amide bonds. The molecule has 2 atom stereocenters. The first-order valence-corrected chi connectivity index (χ1v) is 27.1. The first kappa shape index (κ1) is 58.6. The largest absolute Gasteiger partial charge is 0.378 e. The zero-order valence-electron chi connectivity index (χ0n) is 50.4. The first-order chi connectivity index (χ1) is 31.6. The molecule has 1 aliphatic heterocycles. The number of hydrogen-bond acceptors (Lipinski definition) is 4. The van der Waals surface area contributed by atoms with Crippen LogP contribution in [0.5, 0.6) is 0 Å². The van der Waals surface area contributed by atoms with Gasteiger partial charge in [0.05, 0.1) is 0 Å². The van der Waals surface area contributed by atoms with Crippen LogP contribution >= 0.6 is 0 Å². The molecular weight excluding hydrogens is 869 g/mol. The van der Waals surface area contributed by atoms with Gasteiger partial charge in [0.1, 0.15) is 23.4 Å². The van der Waals surface area contributed by atoms with E-state index in [0.717, 1.165) is 66.8 Å². The van der Waals surface area contributed by atoms with E-state index in [0.29, 0.717) is 0 Å². The zero-order chi connectivity index (χ0) is 54.6. The molecule has 1 saturated heterocycles. The molecule has 4 aromatic rings. The van der Waals surface area contributed by atoms with Crippen molar-refractivity contribution < 1.29 is 19.7 Å². The molecule has 0 radical (unpaired) electrons. The lowest BCUT2D eigenvalue weighted by molar-refractivity contribution is -0.248. The third-order valence-corrected chi connectivity index (χ3v) is 15.8. The van der Waals surface area contributed by atoms with Gasteiger partial charge in [0.15, 0.2) is 5.79 Å². The lowest BCUT2D eigenvalue weighted by Crippen LogP contribution is -2.55. The summed E-state index contributed by atoms with van der Waals surface area (Å²) in [5.41, 5.74) is 5.97. The summed E-state index contributed by atoms with van der Waals surface area (Å²) >= 11 is 0. The van der Waals surface area contributed by atoms with E-state index < -0.39 is 29.2 Å². The normalized spacial score (nSPS) is 18.3. The van der Waals surface area contributed by atoms with Crippen LogP contribution in [-0.2, 0) is 64.0 Å². The summed E-state index contributed by atoms with van der Waals surface area (Å²) in [6.45, 7) is 62.6. The molecule has 0 aromatic heterocycles. The molecule has 0 aliphatic carbocycles. The van der Waals surface area contributed by atoms with Crippen molar-refractivity contribution in [2.75, 3.05) is 0 Å². The van der Waals surface area contributed by atoms with Crippen molar-refractivity contribution in [3.8, 4) is 0 Å². The molecule has 71 heavy (non-hydrogen) atoms. The van der Waals surface area contributed by atoms with Gasteiger partial charge in [-0.2, -0.15) is 0 Å². The van der Waals surface area contributed by atoms with Crippen molar-refractivity contribution >= 4 is 0 Å². The molecule has 1 aliphatic rings. The fourth-order valence-electron chi connectivity index (χ4n) is 10.2. The molecule has 4 heteroatoms. The summed E-state index contributed by atoms with van der Waals surface area (Å²) < 4.78 is 15.8. The van der Waals surface area contributed by atoms with Crippen LogP contribution in [0.1, 0.15) is 261 Å². The minimum Gasteiger partial charge on any atom is -0.378 e. The molecule has 4 aromatic carbocycles. The molecule has 0 unspecified atom stereocenters. The topological polar surface area (TPSA) is 58.9 Å². The smallest absolute Gasteiger partial charge is 0.174 e. The average Bonchev–Trinajstić information content (AvgIpc) is 3.64. The van der Waals surface area contributed by atoms with Crippen molar-refractivity contribution in [3.05, 3.63) is 140 Å². The molecule has 0 bridgehead atoms. The third-order valence-electron chi connectivity index (χ3n) is 15.8. The Bertz CT molecular complexity index is 2080. The Morgan fingerprint density at radius 2 is 0.408 bits per heavy atom. The number of ether oxygens (including phenoxy) is 2. The molecule has 394 valence electrons. The standard InChI is InChI=1S/C67H102O4/c1-41(2)67(42(3)4)70-55(65(68,51-33-43(57(5,6)7)29-44(34-51)58(8,9)10)52-35-45(59(11,12)13)30-46(36-52)60(14,15)16)56(71-67)66(69,53-37-47(61(17,18)19)31-48(38-53)62(20,21)22)54-39-49(63(23,24)25)32-50(40-54)64(26,27)28/h29-42,55-56,68-69H,1-28H3/t55-,56-/m1/s1. The molecule has 5 rings (SSSR count). The summed E-state index contributed by atoms with van der Waals surface area (Å²) in [4.78, 5) is 0. The van der Waals surface area contributed by atoms with Crippen molar-refractivity contribution in [3.63, 3.8) is 0 Å². The minimum absolute atomic E-state index is 0.169. The van der Waals surface area contributed by atoms with E-state index in [1.165, 1.54) is 0 Å². The lowest BCUT2D eigenvalue weighted by Gasteiger charge is -2.45. The van der Waals surface area contributed by atoms with Crippen LogP contribution in [0.15, 0.2) is 72.8 Å². The first-order valence-electron chi connectivity index (χ1n) is 27.1. The molecule has 2 N–H and O–H groups in total. The van der Waals surface area contributed by atoms with E-state index in [2.05, 4.69) is 267 Å². The van der Waals surface area contributed by atoms with Crippen LogP contribution in [0.4, 0.5) is 0 Å². The molecule has 0 saturated carbocycles. The highest BCUT2D eigenvalue weighted by Gasteiger charge is 2.65. The van der Waals surface area contributed by atoms with Crippen LogP contribution in [0.3, 0.4) is 0 Å². The SMILES string of the molecule is CC(C)C1(C(C)C)O[C@@H](C(O)(c2cc(C(C)(C)C)cc(C(C)(C)C)c2)c2cc(C(C)(C)C)cc(C(C)(C)C)c2)[C@H](C(O)(c2cc(C(C)(C)C)cc(C(C)(C)C)c2)c2cc(C(C)(C)C)cc(C(C)(C)C)c2)O1. The van der Waals surface area contributed by atoms with Gasteiger partial charge in [-0.3, -0.25) is 0 Å². The maximum atomic E-state index is 15.3. The summed E-state index contributed by atoms with van der Waals surface area (Å²) in [5.74, 6) is -1.56. The van der Waals surface area contributed by atoms with Gasteiger partial charge in [0, 0.05) is 11.8 Å². The summed E-state index contributed by atoms with van der Waals surface area (Å²) in [6, 6.07) is 27.0. The predicted octanol–water partition coefficient (Wildman–Crippen LogP) is 17.0. The monoisotopic (exact) mass is 971 g/mol. The van der Waals surface area contributed by atoms with Gasteiger partial charge in [-0.05, 0) is 110 Å². The molecule has 4 nitrogen and oxygen atoms in total. The van der Waals surface area contributed by atoms with Gasteiger partial charge in [-0.1, -0.05) is 267 Å². The average molecular weight is 972 g/mol. The van der Waals surface area contributed by atoms with Gasteiger partial charge in [0.2, 0.25) is 0 Å². The van der Waals surface area contributed by atoms with Crippen LogP contribution in [0.25, 0.3) is 0 Å². The van der Waals surface area contributed by atoms with Gasteiger partial charge in [0.25, 0.3) is 0 Å². The summed E-state index contributed by atoms with van der Waals surface area (Å²) in [6.07, 6.45) is -2.28. The van der Waals surface area contributed by atoms with Crippen molar-refractivity contribution in [2.24, 2.45) is 11.8 Å². The van der Waals surface area contributed by atoms with Gasteiger partial charge >= 0.3 is 0 Å².